The number of pyridine rings is 1. The van der Waals surface area contributed by atoms with Gasteiger partial charge in [0.15, 0.2) is 5.82 Å². The molecular formula is C15H12F4N4O4S. The molecule has 0 saturated carbocycles. The number of halogens is 4. The Labute approximate surface area is 156 Å². The van der Waals surface area contributed by atoms with Crippen molar-refractivity contribution in [3.8, 4) is 5.75 Å². The number of carbonyl (C=O) groups excluding carboxylic acids is 1. The molecular weight excluding hydrogens is 408 g/mol. The fourth-order valence-corrected chi connectivity index (χ4v) is 3.70. The second-order valence-electron chi connectivity index (χ2n) is 5.80. The first kappa shape index (κ1) is 19.7. The fraction of sp³-hybridized carbons (Fsp3) is 0.200. The van der Waals surface area contributed by atoms with E-state index in [0.29, 0.717) is 10.5 Å². The Hall–Kier alpha value is -3.09. The van der Waals surface area contributed by atoms with Crippen LogP contribution in [0.25, 0.3) is 0 Å². The highest BCUT2D eigenvalue weighted by Crippen LogP contribution is 2.35. The molecule has 0 spiro atoms. The number of amides is 1. The number of rotatable bonds is 4. The van der Waals surface area contributed by atoms with E-state index < -0.39 is 51.7 Å². The first-order chi connectivity index (χ1) is 13.0. The minimum absolute atomic E-state index is 0.00992. The molecule has 0 bridgehead atoms. The molecule has 2 heterocycles. The third-order valence-corrected chi connectivity index (χ3v) is 5.11. The van der Waals surface area contributed by atoms with Gasteiger partial charge in [-0.05, 0) is 23.8 Å². The highest BCUT2D eigenvalue weighted by molar-refractivity contribution is 7.92. The molecule has 1 fully saturated rings. The summed E-state index contributed by atoms with van der Waals surface area (Å²) in [5.41, 5.74) is -1.55. The van der Waals surface area contributed by atoms with Crippen LogP contribution in [0.4, 0.5) is 28.9 Å². The summed E-state index contributed by atoms with van der Waals surface area (Å²) in [6.45, 7) is -0.877. The Bertz CT molecular complexity index is 1020. The van der Waals surface area contributed by atoms with Gasteiger partial charge in [0.25, 0.3) is 5.91 Å². The average molecular weight is 420 g/mol. The van der Waals surface area contributed by atoms with Gasteiger partial charge in [-0.2, -0.15) is 21.6 Å². The van der Waals surface area contributed by atoms with E-state index in [9.17, 15) is 35.9 Å². The van der Waals surface area contributed by atoms with Gasteiger partial charge in [-0.25, -0.2) is 13.4 Å². The van der Waals surface area contributed by atoms with E-state index in [4.69, 9.17) is 0 Å². The highest BCUT2D eigenvalue weighted by atomic mass is 32.2. The fourth-order valence-electron chi connectivity index (χ4n) is 2.53. The molecule has 1 aromatic heterocycles. The number of aromatic nitrogens is 1. The molecule has 13 heteroatoms. The van der Waals surface area contributed by atoms with Crippen molar-refractivity contribution in [1.29, 1.82) is 0 Å². The number of alkyl halides is 3. The number of aromatic hydroxyl groups is 1. The molecule has 3 rings (SSSR count). The Balaban J connectivity index is 1.81. The van der Waals surface area contributed by atoms with E-state index in [2.05, 4.69) is 10.3 Å². The Morgan fingerprint density at radius 2 is 1.96 bits per heavy atom. The van der Waals surface area contributed by atoms with Crippen LogP contribution in [0, 0.1) is 5.82 Å². The molecule has 1 saturated heterocycles. The van der Waals surface area contributed by atoms with Crippen LogP contribution < -0.4 is 14.3 Å². The van der Waals surface area contributed by atoms with Gasteiger partial charge in [-0.3, -0.25) is 9.78 Å². The van der Waals surface area contributed by atoms with Crippen molar-refractivity contribution >= 4 is 27.5 Å². The number of hydrogen-bond acceptors (Lipinski definition) is 6. The standard InChI is InChI=1S/C15H12F4N4O4S/c16-11-1-8(4-21-10-3-9(5-20-6-10)15(17,18)19)2-12(24)14(11)23-7-13(25)22-28(23,26)27/h1-3,5-6,21,24H,4,7H2,(H,22,25). The summed E-state index contributed by atoms with van der Waals surface area (Å²) >= 11 is 0. The van der Waals surface area contributed by atoms with Crippen molar-refractivity contribution in [3.05, 3.63) is 47.5 Å². The van der Waals surface area contributed by atoms with Crippen molar-refractivity contribution in [2.45, 2.75) is 12.7 Å². The van der Waals surface area contributed by atoms with Gasteiger partial charge in [0, 0.05) is 18.9 Å². The minimum atomic E-state index is -4.58. The van der Waals surface area contributed by atoms with Crippen LogP contribution >= 0.6 is 0 Å². The maximum Gasteiger partial charge on any atom is 0.417 e. The van der Waals surface area contributed by atoms with Gasteiger partial charge in [0.05, 0.1) is 11.3 Å². The largest absolute Gasteiger partial charge is 0.506 e. The maximum absolute atomic E-state index is 14.4. The molecule has 1 aliphatic rings. The molecule has 0 unspecified atom stereocenters. The van der Waals surface area contributed by atoms with Crippen LogP contribution in [-0.2, 0) is 27.7 Å². The summed E-state index contributed by atoms with van der Waals surface area (Å²) in [6, 6.07) is 2.73. The molecule has 28 heavy (non-hydrogen) atoms. The SMILES string of the molecule is O=C1CN(c2c(O)cc(CNc3cncc(C(F)(F)F)c3)cc2F)S(=O)(=O)N1. The van der Waals surface area contributed by atoms with Gasteiger partial charge in [-0.15, -0.1) is 0 Å². The molecule has 1 aromatic carbocycles. The smallest absolute Gasteiger partial charge is 0.417 e. The van der Waals surface area contributed by atoms with Crippen LogP contribution in [0.3, 0.4) is 0 Å². The van der Waals surface area contributed by atoms with Gasteiger partial charge >= 0.3 is 16.4 Å². The summed E-state index contributed by atoms with van der Waals surface area (Å²) in [4.78, 5) is 14.7. The van der Waals surface area contributed by atoms with E-state index in [0.717, 1.165) is 24.4 Å². The van der Waals surface area contributed by atoms with E-state index >= 15 is 0 Å². The number of nitrogens with zero attached hydrogens (tertiary/aromatic N) is 2. The second kappa shape index (κ2) is 6.82. The normalized spacial score (nSPS) is 16.1. The van der Waals surface area contributed by atoms with Crippen LogP contribution in [-0.4, -0.2) is 31.0 Å². The number of phenols is 1. The van der Waals surface area contributed by atoms with E-state index in [1.165, 1.54) is 0 Å². The first-order valence-corrected chi connectivity index (χ1v) is 9.02. The first-order valence-electron chi connectivity index (χ1n) is 7.58. The zero-order chi connectivity index (χ0) is 20.7. The van der Waals surface area contributed by atoms with Crippen molar-refractivity contribution in [2.24, 2.45) is 0 Å². The lowest BCUT2D eigenvalue weighted by atomic mass is 10.1. The van der Waals surface area contributed by atoms with Crippen molar-refractivity contribution in [1.82, 2.24) is 9.71 Å². The van der Waals surface area contributed by atoms with Gasteiger partial charge in [0.2, 0.25) is 0 Å². The third kappa shape index (κ3) is 3.93. The van der Waals surface area contributed by atoms with Crippen molar-refractivity contribution < 1.29 is 35.9 Å². The van der Waals surface area contributed by atoms with E-state index in [1.807, 2.05) is 0 Å². The number of nitrogens with one attached hydrogen (secondary N) is 2. The number of hydrogen-bond donors (Lipinski definition) is 3. The van der Waals surface area contributed by atoms with Gasteiger partial charge in [-0.1, -0.05) is 0 Å². The number of phenolic OH excluding ortho intramolecular Hbond substituents is 1. The Kier molecular flexibility index (Phi) is 4.79. The van der Waals surface area contributed by atoms with Crippen LogP contribution in [0.1, 0.15) is 11.1 Å². The molecule has 1 aliphatic heterocycles. The zero-order valence-electron chi connectivity index (χ0n) is 13.8. The highest BCUT2D eigenvalue weighted by Gasteiger charge is 2.37. The predicted molar refractivity (Wildman–Crippen MR) is 89.0 cm³/mol. The molecule has 8 nitrogen and oxygen atoms in total. The monoisotopic (exact) mass is 420 g/mol. The van der Waals surface area contributed by atoms with E-state index in [1.54, 1.807) is 4.72 Å². The number of carbonyl (C=O) groups is 1. The molecule has 0 aliphatic carbocycles. The quantitative estimate of drug-likeness (QED) is 0.650. The summed E-state index contributed by atoms with van der Waals surface area (Å²) < 4.78 is 78.1. The number of anilines is 2. The second-order valence-corrected chi connectivity index (χ2v) is 7.39. The van der Waals surface area contributed by atoms with Crippen molar-refractivity contribution in [2.75, 3.05) is 16.2 Å². The number of benzene rings is 1. The zero-order valence-corrected chi connectivity index (χ0v) is 14.6. The van der Waals surface area contributed by atoms with Gasteiger partial charge < -0.3 is 10.4 Å². The van der Waals surface area contributed by atoms with Crippen LogP contribution in [0.15, 0.2) is 30.6 Å². The molecule has 150 valence electrons. The van der Waals surface area contributed by atoms with Crippen LogP contribution in [0.2, 0.25) is 0 Å². The Morgan fingerprint density at radius 1 is 1.25 bits per heavy atom. The topological polar surface area (TPSA) is 112 Å². The maximum atomic E-state index is 14.4. The summed E-state index contributed by atoms with van der Waals surface area (Å²) in [5.74, 6) is -2.76. The predicted octanol–water partition coefficient (Wildman–Crippen LogP) is 1.74. The lowest BCUT2D eigenvalue weighted by Gasteiger charge is -2.18. The summed E-state index contributed by atoms with van der Waals surface area (Å²) in [5, 5.41) is 12.6. The molecule has 0 radical (unpaired) electrons. The Morgan fingerprint density at radius 3 is 2.54 bits per heavy atom. The average Bonchev–Trinajstić information content (AvgIpc) is 2.84. The molecule has 3 N–H and O–H groups in total. The summed E-state index contributed by atoms with van der Waals surface area (Å²) in [7, 11) is -4.32. The minimum Gasteiger partial charge on any atom is -0.506 e. The molecule has 0 atom stereocenters. The van der Waals surface area contributed by atoms with Crippen molar-refractivity contribution in [3.63, 3.8) is 0 Å². The lowest BCUT2D eigenvalue weighted by molar-refractivity contribution is -0.137. The molecule has 2 aromatic rings. The van der Waals surface area contributed by atoms with E-state index in [-0.39, 0.29) is 17.8 Å². The third-order valence-electron chi connectivity index (χ3n) is 3.73. The summed E-state index contributed by atoms with van der Waals surface area (Å²) in [6.07, 6.45) is -2.80. The molecule has 1 amide bonds. The van der Waals surface area contributed by atoms with Gasteiger partial charge in [0.1, 0.15) is 18.0 Å². The van der Waals surface area contributed by atoms with Crippen LogP contribution in [0.5, 0.6) is 5.75 Å². The lowest BCUT2D eigenvalue weighted by Crippen LogP contribution is -2.30.